The second kappa shape index (κ2) is 4.97. The third-order valence-electron chi connectivity index (χ3n) is 2.63. The highest BCUT2D eigenvalue weighted by Gasteiger charge is 2.36. The summed E-state index contributed by atoms with van der Waals surface area (Å²) in [6.45, 7) is 3.70. The summed E-state index contributed by atoms with van der Waals surface area (Å²) in [5.41, 5.74) is 0.506. The molecule has 1 atom stereocenters. The zero-order chi connectivity index (χ0) is 13.3. The van der Waals surface area contributed by atoms with Crippen molar-refractivity contribution in [3.05, 3.63) is 28.7 Å². The minimum absolute atomic E-state index is 0.00600. The molecular weight excluding hydrogens is 300 g/mol. The van der Waals surface area contributed by atoms with E-state index in [1.807, 2.05) is 13.8 Å². The van der Waals surface area contributed by atoms with Crippen molar-refractivity contribution in [2.24, 2.45) is 5.92 Å². The Morgan fingerprint density at radius 1 is 1.28 bits per heavy atom. The molecule has 1 aromatic carbocycles. The number of halogens is 1. The van der Waals surface area contributed by atoms with Gasteiger partial charge in [-0.2, -0.15) is 0 Å². The van der Waals surface area contributed by atoms with Crippen LogP contribution in [-0.4, -0.2) is 18.0 Å². The largest absolute Gasteiger partial charge is 0.356 e. The van der Waals surface area contributed by atoms with E-state index in [1.165, 1.54) is 0 Å². The smallest absolute Gasteiger partial charge is 0.329 e. The maximum atomic E-state index is 11.9. The lowest BCUT2D eigenvalue weighted by Gasteiger charge is -2.32. The Balaban J connectivity index is 2.19. The van der Waals surface area contributed by atoms with Crippen LogP contribution in [0, 0.1) is 5.92 Å². The molecule has 1 aliphatic rings. The Hall–Kier alpha value is -1.56. The second-order valence-corrected chi connectivity index (χ2v) is 5.27. The number of carbonyl (C=O) groups is 2. The number of nitrogens with zero attached hydrogens (tertiary/aromatic N) is 1. The van der Waals surface area contributed by atoms with Gasteiger partial charge in [0.05, 0.1) is 5.69 Å². The maximum absolute atomic E-state index is 11.9. The quantitative estimate of drug-likeness (QED) is 0.912. The van der Waals surface area contributed by atoms with E-state index in [9.17, 15) is 9.59 Å². The van der Waals surface area contributed by atoms with Crippen molar-refractivity contribution in [1.29, 1.82) is 0 Å². The van der Waals surface area contributed by atoms with E-state index in [0.717, 1.165) is 9.54 Å². The molecule has 96 valence electrons. The van der Waals surface area contributed by atoms with Crippen LogP contribution in [0.1, 0.15) is 13.8 Å². The predicted molar refractivity (Wildman–Crippen MR) is 69.9 cm³/mol. The average molecular weight is 313 g/mol. The number of anilines is 1. The van der Waals surface area contributed by atoms with Crippen molar-refractivity contribution in [3.8, 4) is 0 Å². The van der Waals surface area contributed by atoms with E-state index in [0.29, 0.717) is 5.69 Å². The summed E-state index contributed by atoms with van der Waals surface area (Å²) in [5.74, 6) is -0.457. The van der Waals surface area contributed by atoms with Gasteiger partial charge >= 0.3 is 12.0 Å². The van der Waals surface area contributed by atoms with Gasteiger partial charge in [0.2, 0.25) is 0 Å². The number of hydrogen-bond acceptors (Lipinski definition) is 3. The Morgan fingerprint density at radius 3 is 2.44 bits per heavy atom. The highest BCUT2D eigenvalue weighted by molar-refractivity contribution is 9.10. The number of urea groups is 1. The summed E-state index contributed by atoms with van der Waals surface area (Å²) in [5, 5.41) is 3.60. The third-order valence-corrected chi connectivity index (χ3v) is 3.16. The lowest BCUT2D eigenvalue weighted by atomic mass is 10.0. The van der Waals surface area contributed by atoms with E-state index in [1.54, 1.807) is 24.3 Å². The normalized spacial score (nSPS) is 19.8. The molecule has 0 unspecified atom stereocenters. The monoisotopic (exact) mass is 312 g/mol. The van der Waals surface area contributed by atoms with Crippen LogP contribution in [0.2, 0.25) is 0 Å². The zero-order valence-electron chi connectivity index (χ0n) is 10.0. The molecule has 1 N–H and O–H groups in total. The molecule has 5 nitrogen and oxygen atoms in total. The minimum Gasteiger partial charge on any atom is -0.329 e. The van der Waals surface area contributed by atoms with Crippen LogP contribution in [0.25, 0.3) is 0 Å². The van der Waals surface area contributed by atoms with Crippen LogP contribution < -0.4 is 10.4 Å². The average Bonchev–Trinajstić information content (AvgIpc) is 2.32. The molecule has 1 saturated heterocycles. The molecule has 0 radical (unpaired) electrons. The minimum atomic E-state index is -0.593. The number of rotatable bonds is 2. The van der Waals surface area contributed by atoms with E-state index in [2.05, 4.69) is 21.2 Å². The highest BCUT2D eigenvalue weighted by atomic mass is 79.9. The van der Waals surface area contributed by atoms with Crippen LogP contribution in [0.5, 0.6) is 0 Å². The summed E-state index contributed by atoms with van der Waals surface area (Å²) < 4.78 is 0.884. The molecule has 0 aromatic heterocycles. The van der Waals surface area contributed by atoms with Gasteiger partial charge in [-0.05, 0) is 30.2 Å². The highest BCUT2D eigenvalue weighted by Crippen LogP contribution is 2.22. The van der Waals surface area contributed by atoms with Crippen molar-refractivity contribution in [2.75, 3.05) is 5.06 Å². The molecule has 18 heavy (non-hydrogen) atoms. The van der Waals surface area contributed by atoms with Gasteiger partial charge in [0.15, 0.2) is 0 Å². The van der Waals surface area contributed by atoms with Crippen LogP contribution in [0.4, 0.5) is 10.5 Å². The Bertz CT molecular complexity index is 473. The summed E-state index contributed by atoms with van der Waals surface area (Å²) in [4.78, 5) is 28.7. The first-order valence-corrected chi connectivity index (χ1v) is 6.36. The number of hydrogen-bond donors (Lipinski definition) is 1. The molecule has 1 fully saturated rings. The molecule has 2 rings (SSSR count). The molecule has 6 heteroatoms. The van der Waals surface area contributed by atoms with E-state index in [-0.39, 0.29) is 5.92 Å². The molecule has 0 bridgehead atoms. The fraction of sp³-hybridized carbons (Fsp3) is 0.333. The van der Waals surface area contributed by atoms with Gasteiger partial charge in [-0.1, -0.05) is 29.8 Å². The van der Waals surface area contributed by atoms with Crippen LogP contribution in [0.3, 0.4) is 0 Å². The molecule has 0 aliphatic carbocycles. The van der Waals surface area contributed by atoms with Gasteiger partial charge in [-0.15, -0.1) is 5.06 Å². The Labute approximate surface area is 113 Å². The maximum Gasteiger partial charge on any atom is 0.356 e. The van der Waals surface area contributed by atoms with Gasteiger partial charge in [0, 0.05) is 4.47 Å². The summed E-state index contributed by atoms with van der Waals surface area (Å²) >= 11 is 3.30. The first kappa shape index (κ1) is 12.9. The third kappa shape index (κ3) is 2.48. The molecular formula is C12H13BrN2O3. The zero-order valence-corrected chi connectivity index (χ0v) is 11.6. The standard InChI is InChI=1S/C12H13BrN2O3/c1-7(2)10-11(16)18-15(12(17)14-10)9-5-3-8(13)4-6-9/h3-7,10H,1-2H3,(H,14,17)/t10-/m1/s1. The molecule has 2 amide bonds. The van der Waals surface area contributed by atoms with Crippen molar-refractivity contribution >= 4 is 33.6 Å². The van der Waals surface area contributed by atoms with Crippen molar-refractivity contribution in [3.63, 3.8) is 0 Å². The summed E-state index contributed by atoms with van der Waals surface area (Å²) in [6.07, 6.45) is 0. The van der Waals surface area contributed by atoms with Crippen molar-refractivity contribution < 1.29 is 14.4 Å². The fourth-order valence-corrected chi connectivity index (χ4v) is 1.89. The number of nitrogens with one attached hydrogen (secondary N) is 1. The van der Waals surface area contributed by atoms with Crippen LogP contribution in [0.15, 0.2) is 28.7 Å². The SMILES string of the molecule is CC(C)[C@H]1NC(=O)N(c2ccc(Br)cc2)OC1=O. The van der Waals surface area contributed by atoms with E-state index < -0.39 is 18.0 Å². The topological polar surface area (TPSA) is 58.6 Å². The number of carbonyl (C=O) groups excluding carboxylic acids is 2. The predicted octanol–water partition coefficient (Wildman–Crippen LogP) is 2.46. The lowest BCUT2D eigenvalue weighted by Crippen LogP contribution is -2.58. The van der Waals surface area contributed by atoms with E-state index in [4.69, 9.17) is 4.84 Å². The fourth-order valence-electron chi connectivity index (χ4n) is 1.62. The van der Waals surface area contributed by atoms with Crippen molar-refractivity contribution in [1.82, 2.24) is 5.32 Å². The lowest BCUT2D eigenvalue weighted by molar-refractivity contribution is -0.149. The van der Waals surface area contributed by atoms with Gasteiger partial charge in [-0.25, -0.2) is 9.59 Å². The number of benzene rings is 1. The van der Waals surface area contributed by atoms with Gasteiger partial charge in [0.25, 0.3) is 0 Å². The Kier molecular flexibility index (Phi) is 3.56. The molecule has 0 spiro atoms. The van der Waals surface area contributed by atoms with Crippen LogP contribution >= 0.6 is 15.9 Å². The second-order valence-electron chi connectivity index (χ2n) is 4.35. The van der Waals surface area contributed by atoms with Gasteiger partial charge < -0.3 is 10.2 Å². The molecule has 1 aromatic rings. The first-order valence-electron chi connectivity index (χ1n) is 5.57. The number of amides is 2. The first-order chi connectivity index (χ1) is 8.49. The summed E-state index contributed by atoms with van der Waals surface area (Å²) in [6, 6.07) is 5.88. The molecule has 1 heterocycles. The van der Waals surface area contributed by atoms with E-state index >= 15 is 0 Å². The van der Waals surface area contributed by atoms with Gasteiger partial charge in [0.1, 0.15) is 6.04 Å². The molecule has 0 saturated carbocycles. The van der Waals surface area contributed by atoms with Crippen LogP contribution in [-0.2, 0) is 9.63 Å². The summed E-state index contributed by atoms with van der Waals surface area (Å²) in [7, 11) is 0. The van der Waals surface area contributed by atoms with Crippen molar-refractivity contribution in [2.45, 2.75) is 19.9 Å². The molecule has 1 aliphatic heterocycles. The Morgan fingerprint density at radius 2 is 1.89 bits per heavy atom. The van der Waals surface area contributed by atoms with Gasteiger partial charge in [-0.3, -0.25) is 0 Å². The number of hydroxylamine groups is 1.